The van der Waals surface area contributed by atoms with Crippen LogP contribution in [0.4, 0.5) is 5.82 Å². The van der Waals surface area contributed by atoms with Crippen molar-refractivity contribution in [3.8, 4) is 21.8 Å². The largest absolute Gasteiger partial charge is 0.388 e. The third kappa shape index (κ3) is 3.79. The SMILES string of the molecule is OC1(CNc2nc(-c3cccs3)nc3scc(-c4ccccc4)c23)CCOCC1. The molecule has 1 aromatic carbocycles. The number of hydrogen-bond acceptors (Lipinski definition) is 7. The number of rotatable bonds is 5. The van der Waals surface area contributed by atoms with Gasteiger partial charge >= 0.3 is 0 Å². The first kappa shape index (κ1) is 18.7. The van der Waals surface area contributed by atoms with E-state index in [-0.39, 0.29) is 0 Å². The van der Waals surface area contributed by atoms with Gasteiger partial charge in [0.05, 0.1) is 15.9 Å². The molecule has 0 saturated carbocycles. The van der Waals surface area contributed by atoms with Crippen LogP contribution >= 0.6 is 22.7 Å². The van der Waals surface area contributed by atoms with E-state index in [1.54, 1.807) is 22.7 Å². The number of benzene rings is 1. The maximum Gasteiger partial charge on any atom is 0.173 e. The number of ether oxygens (including phenoxy) is 1. The van der Waals surface area contributed by atoms with Crippen molar-refractivity contribution in [2.45, 2.75) is 18.4 Å². The van der Waals surface area contributed by atoms with E-state index < -0.39 is 5.60 Å². The van der Waals surface area contributed by atoms with Gasteiger partial charge in [-0.1, -0.05) is 36.4 Å². The summed E-state index contributed by atoms with van der Waals surface area (Å²) in [7, 11) is 0. The van der Waals surface area contributed by atoms with Crippen LogP contribution in [0.15, 0.2) is 53.2 Å². The number of hydrogen-bond donors (Lipinski definition) is 2. The van der Waals surface area contributed by atoms with Crippen LogP contribution in [0.1, 0.15) is 12.8 Å². The lowest BCUT2D eigenvalue weighted by Gasteiger charge is -2.32. The van der Waals surface area contributed by atoms with Gasteiger partial charge in [0, 0.05) is 43.5 Å². The molecule has 0 aliphatic carbocycles. The van der Waals surface area contributed by atoms with Crippen molar-refractivity contribution in [1.82, 2.24) is 9.97 Å². The molecule has 3 aromatic heterocycles. The van der Waals surface area contributed by atoms with Crippen LogP contribution in [0.25, 0.3) is 32.0 Å². The highest BCUT2D eigenvalue weighted by Crippen LogP contribution is 2.39. The van der Waals surface area contributed by atoms with Crippen LogP contribution in [0, 0.1) is 0 Å². The second-order valence-corrected chi connectivity index (χ2v) is 9.06. The molecule has 7 heteroatoms. The highest BCUT2D eigenvalue weighted by Gasteiger charge is 2.30. The second kappa shape index (κ2) is 7.84. The summed E-state index contributed by atoms with van der Waals surface area (Å²) < 4.78 is 5.41. The molecular weight excluding hydrogens is 402 g/mol. The molecule has 1 aliphatic heterocycles. The maximum absolute atomic E-state index is 10.9. The second-order valence-electron chi connectivity index (χ2n) is 7.26. The van der Waals surface area contributed by atoms with Gasteiger partial charge in [0.2, 0.25) is 0 Å². The number of thiophene rings is 2. The van der Waals surface area contributed by atoms with Gasteiger partial charge in [0.15, 0.2) is 5.82 Å². The smallest absolute Gasteiger partial charge is 0.173 e. The molecule has 4 aromatic rings. The number of fused-ring (bicyclic) bond motifs is 1. The topological polar surface area (TPSA) is 67.3 Å². The number of nitrogens with zero attached hydrogens (tertiary/aromatic N) is 2. The zero-order valence-corrected chi connectivity index (χ0v) is 17.4. The molecule has 1 fully saturated rings. The van der Waals surface area contributed by atoms with Gasteiger partial charge in [0.1, 0.15) is 10.6 Å². The van der Waals surface area contributed by atoms with Gasteiger partial charge in [-0.25, -0.2) is 9.97 Å². The molecule has 0 amide bonds. The average molecular weight is 424 g/mol. The Kier molecular flexibility index (Phi) is 5.05. The van der Waals surface area contributed by atoms with Crippen molar-refractivity contribution >= 4 is 38.7 Å². The van der Waals surface area contributed by atoms with Crippen molar-refractivity contribution in [1.29, 1.82) is 0 Å². The minimum atomic E-state index is -0.776. The van der Waals surface area contributed by atoms with Gasteiger partial charge in [-0.15, -0.1) is 22.7 Å². The lowest BCUT2D eigenvalue weighted by atomic mass is 9.94. The van der Waals surface area contributed by atoms with Gasteiger partial charge in [-0.2, -0.15) is 0 Å². The number of anilines is 1. The van der Waals surface area contributed by atoms with E-state index in [2.05, 4.69) is 22.8 Å². The molecule has 0 spiro atoms. The summed E-state index contributed by atoms with van der Waals surface area (Å²) in [6, 6.07) is 14.3. The summed E-state index contributed by atoms with van der Waals surface area (Å²) >= 11 is 3.25. The van der Waals surface area contributed by atoms with E-state index >= 15 is 0 Å². The van der Waals surface area contributed by atoms with E-state index in [0.29, 0.717) is 32.6 Å². The Morgan fingerprint density at radius 1 is 1.03 bits per heavy atom. The zero-order chi connectivity index (χ0) is 19.7. The Bertz CT molecular complexity index is 1100. The van der Waals surface area contributed by atoms with E-state index in [9.17, 15) is 5.11 Å². The molecule has 2 N–H and O–H groups in total. The molecule has 5 rings (SSSR count). The Hall–Kier alpha value is -2.32. The quantitative estimate of drug-likeness (QED) is 0.471. The Balaban J connectivity index is 1.59. The number of aliphatic hydroxyl groups is 1. The van der Waals surface area contributed by atoms with E-state index in [1.165, 1.54) is 0 Å². The molecule has 0 radical (unpaired) electrons. The molecule has 5 nitrogen and oxygen atoms in total. The van der Waals surface area contributed by atoms with Gasteiger partial charge < -0.3 is 15.2 Å². The fourth-order valence-corrected chi connectivity index (χ4v) is 5.20. The highest BCUT2D eigenvalue weighted by atomic mass is 32.1. The van der Waals surface area contributed by atoms with Gasteiger partial charge in [-0.3, -0.25) is 0 Å². The molecule has 0 atom stereocenters. The van der Waals surface area contributed by atoms with Gasteiger partial charge in [0.25, 0.3) is 0 Å². The first-order valence-electron chi connectivity index (χ1n) is 9.64. The summed E-state index contributed by atoms with van der Waals surface area (Å²) in [6.07, 6.45) is 1.25. The average Bonchev–Trinajstić information content (AvgIpc) is 3.43. The Morgan fingerprint density at radius 3 is 2.62 bits per heavy atom. The predicted molar refractivity (Wildman–Crippen MR) is 120 cm³/mol. The lowest BCUT2D eigenvalue weighted by Crippen LogP contribution is -2.42. The number of aromatic nitrogens is 2. The Morgan fingerprint density at radius 2 is 1.86 bits per heavy atom. The molecular formula is C22H21N3O2S2. The fraction of sp³-hybridized carbons (Fsp3) is 0.273. The summed E-state index contributed by atoms with van der Waals surface area (Å²) in [5.74, 6) is 1.49. The van der Waals surface area contributed by atoms with Gasteiger partial charge in [-0.05, 0) is 17.0 Å². The van der Waals surface area contributed by atoms with Crippen molar-refractivity contribution in [2.24, 2.45) is 0 Å². The summed E-state index contributed by atoms with van der Waals surface area (Å²) in [4.78, 5) is 11.7. The van der Waals surface area contributed by atoms with Crippen molar-refractivity contribution < 1.29 is 9.84 Å². The van der Waals surface area contributed by atoms with Crippen LogP contribution in [-0.4, -0.2) is 40.4 Å². The summed E-state index contributed by atoms with van der Waals surface area (Å²) in [5, 5.41) is 19.5. The third-order valence-electron chi connectivity index (χ3n) is 5.27. The molecule has 0 unspecified atom stereocenters. The summed E-state index contributed by atoms with van der Waals surface area (Å²) in [5.41, 5.74) is 1.48. The minimum absolute atomic E-state index is 0.441. The van der Waals surface area contributed by atoms with Crippen LogP contribution in [-0.2, 0) is 4.74 Å². The van der Waals surface area contributed by atoms with Crippen LogP contribution in [0.5, 0.6) is 0 Å². The van der Waals surface area contributed by atoms with E-state index in [1.807, 2.05) is 35.7 Å². The molecule has 1 saturated heterocycles. The number of nitrogens with one attached hydrogen (secondary N) is 1. The lowest BCUT2D eigenvalue weighted by molar-refractivity contribution is -0.0543. The van der Waals surface area contributed by atoms with Crippen molar-refractivity contribution in [2.75, 3.05) is 25.1 Å². The molecule has 4 heterocycles. The molecule has 1 aliphatic rings. The fourth-order valence-electron chi connectivity index (χ4n) is 3.59. The first-order chi connectivity index (χ1) is 14.2. The monoisotopic (exact) mass is 423 g/mol. The summed E-state index contributed by atoms with van der Waals surface area (Å²) in [6.45, 7) is 1.62. The maximum atomic E-state index is 10.9. The molecule has 148 valence electrons. The standard InChI is InChI=1S/C22H21N3O2S2/c26-22(8-10-27-11-9-22)14-23-20-18-16(15-5-2-1-3-6-15)13-29-21(18)25-19(24-20)17-7-4-12-28-17/h1-7,12-13,26H,8-11,14H2,(H,23,24,25). The predicted octanol–water partition coefficient (Wildman–Crippen LogP) is 5.04. The van der Waals surface area contributed by atoms with Crippen LogP contribution in [0.2, 0.25) is 0 Å². The minimum Gasteiger partial charge on any atom is -0.388 e. The van der Waals surface area contributed by atoms with Crippen LogP contribution in [0.3, 0.4) is 0 Å². The third-order valence-corrected chi connectivity index (χ3v) is 7.01. The van der Waals surface area contributed by atoms with Crippen LogP contribution < -0.4 is 5.32 Å². The molecule has 29 heavy (non-hydrogen) atoms. The highest BCUT2D eigenvalue weighted by molar-refractivity contribution is 7.17. The van der Waals surface area contributed by atoms with Crippen molar-refractivity contribution in [3.05, 3.63) is 53.2 Å². The van der Waals surface area contributed by atoms with Crippen molar-refractivity contribution in [3.63, 3.8) is 0 Å². The van der Waals surface area contributed by atoms with E-state index in [0.717, 1.165) is 37.9 Å². The molecule has 0 bridgehead atoms. The zero-order valence-electron chi connectivity index (χ0n) is 15.8. The first-order valence-corrected chi connectivity index (χ1v) is 11.4. The normalized spacial score (nSPS) is 16.2. The van der Waals surface area contributed by atoms with E-state index in [4.69, 9.17) is 14.7 Å². The Labute approximate surface area is 177 Å².